The third-order valence-corrected chi connectivity index (χ3v) is 2.68. The molecule has 1 aliphatic rings. The van der Waals surface area contributed by atoms with E-state index in [0.717, 1.165) is 32.7 Å². The van der Waals surface area contributed by atoms with Crippen molar-refractivity contribution in [3.8, 4) is 0 Å². The van der Waals surface area contributed by atoms with Crippen molar-refractivity contribution in [2.24, 2.45) is 0 Å². The quantitative estimate of drug-likeness (QED) is 0.607. The molecule has 3 nitrogen and oxygen atoms in total. The highest BCUT2D eigenvalue weighted by molar-refractivity contribution is 7.80. The molecule has 0 aromatic heterocycles. The molecule has 1 heterocycles. The topological polar surface area (TPSA) is 26.7 Å². The van der Waals surface area contributed by atoms with Crippen molar-refractivity contribution in [1.29, 1.82) is 0 Å². The molecule has 4 heteroatoms. The van der Waals surface area contributed by atoms with Gasteiger partial charge in [-0.05, 0) is 6.92 Å². The Hall–Kier alpha value is 0.230. The third-order valence-electron chi connectivity index (χ3n) is 2.35. The normalized spacial score (nSPS) is 24.2. The van der Waals surface area contributed by atoms with Gasteiger partial charge in [0.05, 0.1) is 6.61 Å². The number of thiol groups is 1. The zero-order valence-corrected chi connectivity index (χ0v) is 8.50. The van der Waals surface area contributed by atoms with Gasteiger partial charge in [-0.1, -0.05) is 0 Å². The number of rotatable bonds is 3. The van der Waals surface area contributed by atoms with Crippen LogP contribution in [0.5, 0.6) is 0 Å². The summed E-state index contributed by atoms with van der Waals surface area (Å²) in [7, 11) is 0. The van der Waals surface area contributed by atoms with Gasteiger partial charge in [-0.3, -0.25) is 9.80 Å². The van der Waals surface area contributed by atoms with Crippen molar-refractivity contribution in [2.45, 2.75) is 12.3 Å². The Morgan fingerprint density at radius 2 is 1.92 bits per heavy atom. The van der Waals surface area contributed by atoms with Crippen LogP contribution in [0.2, 0.25) is 0 Å². The molecular formula is C8H18N2OS. The average Bonchev–Trinajstić information content (AvgIpc) is 2.06. The maximum atomic E-state index is 8.72. The number of β-amino-alcohol motifs (C(OH)–C–C–N with tert-alkyl or cyclic N) is 1. The molecule has 0 bridgehead atoms. The number of aliphatic hydroxyl groups is 1. The molecular weight excluding hydrogens is 172 g/mol. The predicted molar refractivity (Wildman–Crippen MR) is 53.5 cm³/mol. The molecule has 1 saturated heterocycles. The Bertz CT molecular complexity index is 124. The average molecular weight is 190 g/mol. The Labute approximate surface area is 79.8 Å². The first-order valence-electron chi connectivity index (χ1n) is 4.49. The van der Waals surface area contributed by atoms with Crippen molar-refractivity contribution in [1.82, 2.24) is 9.80 Å². The van der Waals surface area contributed by atoms with Crippen molar-refractivity contribution >= 4 is 12.6 Å². The van der Waals surface area contributed by atoms with Gasteiger partial charge in [0.2, 0.25) is 0 Å². The standard InChI is InChI=1S/C8H18N2OS/c1-8(12)10-4-2-9(3-5-10)6-7-11/h8,11-12H,2-7H2,1H3. The largest absolute Gasteiger partial charge is 0.395 e. The fraction of sp³-hybridized carbons (Fsp3) is 1.00. The van der Waals surface area contributed by atoms with Crippen LogP contribution in [0.1, 0.15) is 6.92 Å². The van der Waals surface area contributed by atoms with Gasteiger partial charge in [0.1, 0.15) is 0 Å². The summed E-state index contributed by atoms with van der Waals surface area (Å²) in [5, 5.41) is 9.09. The molecule has 1 atom stereocenters. The van der Waals surface area contributed by atoms with Gasteiger partial charge >= 0.3 is 0 Å². The molecule has 1 fully saturated rings. The van der Waals surface area contributed by atoms with E-state index in [2.05, 4.69) is 29.4 Å². The van der Waals surface area contributed by atoms with Gasteiger partial charge in [0, 0.05) is 38.1 Å². The van der Waals surface area contributed by atoms with Gasteiger partial charge < -0.3 is 5.11 Å². The van der Waals surface area contributed by atoms with E-state index in [0.29, 0.717) is 5.37 Å². The fourth-order valence-corrected chi connectivity index (χ4v) is 1.73. The number of hydrogen-bond acceptors (Lipinski definition) is 4. The second-order valence-corrected chi connectivity index (χ2v) is 3.98. The lowest BCUT2D eigenvalue weighted by Crippen LogP contribution is -2.48. The van der Waals surface area contributed by atoms with E-state index in [9.17, 15) is 0 Å². The first-order chi connectivity index (χ1) is 5.74. The fourth-order valence-electron chi connectivity index (χ4n) is 1.50. The monoisotopic (exact) mass is 190 g/mol. The van der Waals surface area contributed by atoms with Crippen molar-refractivity contribution in [2.75, 3.05) is 39.3 Å². The molecule has 0 amide bonds. The second-order valence-electron chi connectivity index (χ2n) is 3.23. The summed E-state index contributed by atoms with van der Waals surface area (Å²) < 4.78 is 0. The van der Waals surface area contributed by atoms with Crippen LogP contribution >= 0.6 is 12.6 Å². The summed E-state index contributed by atoms with van der Waals surface area (Å²) in [6, 6.07) is 0. The van der Waals surface area contributed by atoms with Gasteiger partial charge in [-0.15, -0.1) is 0 Å². The van der Waals surface area contributed by atoms with Crippen LogP contribution in [0.25, 0.3) is 0 Å². The molecule has 1 N–H and O–H groups in total. The number of aliphatic hydroxyl groups excluding tert-OH is 1. The van der Waals surface area contributed by atoms with Crippen LogP contribution in [-0.4, -0.2) is 59.6 Å². The summed E-state index contributed by atoms with van der Waals surface area (Å²) in [4.78, 5) is 4.63. The summed E-state index contributed by atoms with van der Waals surface area (Å²) in [6.45, 7) is 7.46. The first-order valence-corrected chi connectivity index (χ1v) is 5.01. The van der Waals surface area contributed by atoms with Gasteiger partial charge in [-0.25, -0.2) is 0 Å². The van der Waals surface area contributed by atoms with Gasteiger partial charge in [0.25, 0.3) is 0 Å². The van der Waals surface area contributed by atoms with E-state index in [4.69, 9.17) is 5.11 Å². The van der Waals surface area contributed by atoms with E-state index >= 15 is 0 Å². The Morgan fingerprint density at radius 3 is 2.33 bits per heavy atom. The van der Waals surface area contributed by atoms with Crippen LogP contribution in [0.15, 0.2) is 0 Å². The van der Waals surface area contributed by atoms with E-state index < -0.39 is 0 Å². The lowest BCUT2D eigenvalue weighted by molar-refractivity contribution is 0.110. The Kier molecular flexibility index (Phi) is 4.35. The summed E-state index contributed by atoms with van der Waals surface area (Å²) in [6.07, 6.45) is 0. The van der Waals surface area contributed by atoms with Crippen LogP contribution in [0.3, 0.4) is 0 Å². The van der Waals surface area contributed by atoms with E-state index in [1.165, 1.54) is 0 Å². The SMILES string of the molecule is CC(S)N1CCN(CCO)CC1. The zero-order chi connectivity index (χ0) is 8.97. The number of piperazine rings is 1. The minimum atomic E-state index is 0.274. The zero-order valence-electron chi connectivity index (χ0n) is 7.61. The van der Waals surface area contributed by atoms with E-state index in [1.807, 2.05) is 0 Å². The summed E-state index contributed by atoms with van der Waals surface area (Å²) >= 11 is 4.38. The number of nitrogens with zero attached hydrogens (tertiary/aromatic N) is 2. The predicted octanol–water partition coefficient (Wildman–Crippen LogP) is -0.128. The van der Waals surface area contributed by atoms with E-state index in [-0.39, 0.29) is 6.61 Å². The van der Waals surface area contributed by atoms with Crippen LogP contribution < -0.4 is 0 Å². The molecule has 0 aromatic rings. The Balaban J connectivity index is 2.20. The van der Waals surface area contributed by atoms with Crippen molar-refractivity contribution < 1.29 is 5.11 Å². The van der Waals surface area contributed by atoms with Crippen LogP contribution in [0, 0.1) is 0 Å². The van der Waals surface area contributed by atoms with Crippen LogP contribution in [-0.2, 0) is 0 Å². The van der Waals surface area contributed by atoms with Gasteiger partial charge in [0.15, 0.2) is 0 Å². The molecule has 12 heavy (non-hydrogen) atoms. The number of hydrogen-bond donors (Lipinski definition) is 2. The maximum absolute atomic E-state index is 8.72. The smallest absolute Gasteiger partial charge is 0.0558 e. The molecule has 1 aliphatic heterocycles. The third kappa shape index (κ3) is 2.94. The van der Waals surface area contributed by atoms with Crippen LogP contribution in [0.4, 0.5) is 0 Å². The lowest BCUT2D eigenvalue weighted by Gasteiger charge is -2.36. The van der Waals surface area contributed by atoms with Crippen molar-refractivity contribution in [3.63, 3.8) is 0 Å². The molecule has 0 aromatic carbocycles. The molecule has 0 saturated carbocycles. The molecule has 72 valence electrons. The van der Waals surface area contributed by atoms with Crippen molar-refractivity contribution in [3.05, 3.63) is 0 Å². The summed E-state index contributed by atoms with van der Waals surface area (Å²) in [5.41, 5.74) is 0. The highest BCUT2D eigenvalue weighted by atomic mass is 32.1. The second kappa shape index (κ2) is 5.07. The molecule has 1 unspecified atom stereocenters. The summed E-state index contributed by atoms with van der Waals surface area (Å²) in [5.74, 6) is 0. The first kappa shape index (κ1) is 10.3. The molecule has 0 spiro atoms. The Morgan fingerprint density at radius 1 is 1.33 bits per heavy atom. The maximum Gasteiger partial charge on any atom is 0.0558 e. The van der Waals surface area contributed by atoms with Gasteiger partial charge in [-0.2, -0.15) is 12.6 Å². The molecule has 0 aliphatic carbocycles. The molecule has 0 radical (unpaired) electrons. The molecule has 1 rings (SSSR count). The lowest BCUT2D eigenvalue weighted by atomic mass is 10.3. The highest BCUT2D eigenvalue weighted by Crippen LogP contribution is 2.07. The minimum Gasteiger partial charge on any atom is -0.395 e. The highest BCUT2D eigenvalue weighted by Gasteiger charge is 2.17. The van der Waals surface area contributed by atoms with E-state index in [1.54, 1.807) is 0 Å². The minimum absolute atomic E-state index is 0.274.